The van der Waals surface area contributed by atoms with Gasteiger partial charge in [0.1, 0.15) is 0 Å². The second-order valence-electron chi connectivity index (χ2n) is 6.40. The van der Waals surface area contributed by atoms with Crippen molar-refractivity contribution in [3.8, 4) is 0 Å². The standard InChI is InChI=1S/C17H26N2O5S2/c1-4-5-6-11-18-12-13-19(14-18)16(3)25(20,21)24-26(22,23)17-9-7-15(2)8-10-17/h7-10,12-13,16H,4-6,11,14H2,1-3H3. The molecule has 0 amide bonds. The van der Waals surface area contributed by atoms with E-state index in [1.54, 1.807) is 23.2 Å². The van der Waals surface area contributed by atoms with Crippen molar-refractivity contribution in [3.63, 3.8) is 0 Å². The molecule has 9 heteroatoms. The number of benzene rings is 1. The van der Waals surface area contributed by atoms with Crippen LogP contribution in [0.3, 0.4) is 0 Å². The zero-order valence-corrected chi connectivity index (χ0v) is 17.0. The largest absolute Gasteiger partial charge is 0.359 e. The topological polar surface area (TPSA) is 84.0 Å². The highest BCUT2D eigenvalue weighted by molar-refractivity contribution is 8.00. The first-order valence-corrected chi connectivity index (χ1v) is 11.5. The van der Waals surface area contributed by atoms with Crippen molar-refractivity contribution in [2.45, 2.75) is 50.3 Å². The quantitative estimate of drug-likeness (QED) is 0.587. The van der Waals surface area contributed by atoms with Crippen LogP contribution in [-0.4, -0.2) is 45.2 Å². The highest BCUT2D eigenvalue weighted by Crippen LogP contribution is 2.22. The van der Waals surface area contributed by atoms with Crippen LogP contribution in [0.15, 0.2) is 41.6 Å². The van der Waals surface area contributed by atoms with E-state index in [1.807, 2.05) is 18.0 Å². The maximum Gasteiger partial charge on any atom is 0.311 e. The van der Waals surface area contributed by atoms with Gasteiger partial charge in [-0.25, -0.2) is 0 Å². The molecule has 1 aliphatic heterocycles. The van der Waals surface area contributed by atoms with Gasteiger partial charge in [-0.05, 0) is 32.4 Å². The Morgan fingerprint density at radius 3 is 2.35 bits per heavy atom. The summed E-state index contributed by atoms with van der Waals surface area (Å²) in [6, 6.07) is 5.83. The van der Waals surface area contributed by atoms with Crippen molar-refractivity contribution >= 4 is 20.2 Å². The summed E-state index contributed by atoms with van der Waals surface area (Å²) in [5.41, 5.74) is 0.866. The Hall–Kier alpha value is -1.58. The molecule has 1 unspecified atom stereocenters. The van der Waals surface area contributed by atoms with Crippen LogP contribution < -0.4 is 0 Å². The van der Waals surface area contributed by atoms with Gasteiger partial charge in [0.25, 0.3) is 0 Å². The molecule has 0 saturated carbocycles. The van der Waals surface area contributed by atoms with Crippen LogP contribution in [0.2, 0.25) is 0 Å². The number of nitrogens with zero attached hydrogens (tertiary/aromatic N) is 2. The Labute approximate surface area is 156 Å². The lowest BCUT2D eigenvalue weighted by molar-refractivity contribution is 0.246. The molecule has 0 radical (unpaired) electrons. The molecule has 2 rings (SSSR count). The summed E-state index contributed by atoms with van der Waals surface area (Å²) in [5.74, 6) is 0. The monoisotopic (exact) mass is 402 g/mol. The molecule has 1 aliphatic rings. The number of hydrogen-bond donors (Lipinski definition) is 0. The van der Waals surface area contributed by atoms with E-state index in [1.165, 1.54) is 19.1 Å². The number of rotatable bonds is 9. The SMILES string of the molecule is CCCCCN1C=CN(C(C)S(=O)(=O)OS(=O)(=O)c2ccc(C)cc2)C1. The van der Waals surface area contributed by atoms with E-state index in [-0.39, 0.29) is 4.90 Å². The van der Waals surface area contributed by atoms with E-state index >= 15 is 0 Å². The summed E-state index contributed by atoms with van der Waals surface area (Å²) in [7, 11) is -8.74. The predicted molar refractivity (Wildman–Crippen MR) is 99.9 cm³/mol. The molecule has 0 N–H and O–H groups in total. The third-order valence-corrected chi connectivity index (χ3v) is 7.67. The maximum absolute atomic E-state index is 12.4. The van der Waals surface area contributed by atoms with Crippen LogP contribution in [-0.2, 0) is 23.9 Å². The minimum Gasteiger partial charge on any atom is -0.359 e. The fraction of sp³-hybridized carbons (Fsp3) is 0.529. The van der Waals surface area contributed by atoms with Gasteiger partial charge >= 0.3 is 20.2 Å². The Kier molecular flexibility index (Phi) is 6.70. The second kappa shape index (κ2) is 8.41. The molecule has 0 fully saturated rings. The Bertz CT molecular complexity index is 832. The molecule has 0 spiro atoms. The molecule has 1 heterocycles. The normalized spacial score (nSPS) is 16.3. The third kappa shape index (κ3) is 5.21. The second-order valence-corrected chi connectivity index (χ2v) is 9.99. The van der Waals surface area contributed by atoms with Crippen molar-refractivity contribution in [2.24, 2.45) is 0 Å². The van der Waals surface area contributed by atoms with Gasteiger partial charge in [0.2, 0.25) is 0 Å². The van der Waals surface area contributed by atoms with E-state index in [9.17, 15) is 16.8 Å². The van der Waals surface area contributed by atoms with Crippen molar-refractivity contribution in [3.05, 3.63) is 42.2 Å². The zero-order valence-electron chi connectivity index (χ0n) is 15.3. The minimum absolute atomic E-state index is 0.183. The third-order valence-electron chi connectivity index (χ3n) is 4.24. The van der Waals surface area contributed by atoms with Crippen molar-refractivity contribution in [1.29, 1.82) is 0 Å². The Balaban J connectivity index is 2.03. The molecule has 146 valence electrons. The Morgan fingerprint density at radius 2 is 1.73 bits per heavy atom. The summed E-state index contributed by atoms with van der Waals surface area (Å²) in [4.78, 5) is 3.36. The summed E-state index contributed by atoms with van der Waals surface area (Å²) in [6.45, 7) is 6.56. The predicted octanol–water partition coefficient (Wildman–Crippen LogP) is 2.61. The van der Waals surface area contributed by atoms with E-state index in [2.05, 4.69) is 10.6 Å². The van der Waals surface area contributed by atoms with Crippen LogP contribution in [0, 0.1) is 6.92 Å². The first-order valence-electron chi connectivity index (χ1n) is 8.60. The summed E-state index contributed by atoms with van der Waals surface area (Å²) >= 11 is 0. The van der Waals surface area contributed by atoms with Crippen molar-refractivity contribution in [1.82, 2.24) is 9.80 Å². The molecule has 0 saturated heterocycles. The van der Waals surface area contributed by atoms with Gasteiger partial charge in [0, 0.05) is 18.9 Å². The van der Waals surface area contributed by atoms with Crippen LogP contribution >= 0.6 is 0 Å². The van der Waals surface area contributed by atoms with Crippen LogP contribution in [0.4, 0.5) is 0 Å². The number of aryl methyl sites for hydroxylation is 1. The average Bonchev–Trinajstić information content (AvgIpc) is 3.02. The van der Waals surface area contributed by atoms with Gasteiger partial charge in [0.15, 0.2) is 5.37 Å². The fourth-order valence-electron chi connectivity index (χ4n) is 2.52. The maximum atomic E-state index is 12.4. The summed E-state index contributed by atoms with van der Waals surface area (Å²) in [6.07, 6.45) is 6.70. The zero-order chi connectivity index (χ0) is 19.4. The lowest BCUT2D eigenvalue weighted by Crippen LogP contribution is -2.39. The van der Waals surface area contributed by atoms with Gasteiger partial charge in [-0.15, -0.1) is 3.63 Å². The van der Waals surface area contributed by atoms with Gasteiger partial charge in [-0.2, -0.15) is 16.8 Å². The highest BCUT2D eigenvalue weighted by atomic mass is 32.3. The smallest absolute Gasteiger partial charge is 0.311 e. The lowest BCUT2D eigenvalue weighted by Gasteiger charge is -2.26. The number of unbranched alkanes of at least 4 members (excludes halogenated alkanes) is 2. The van der Waals surface area contributed by atoms with Gasteiger partial charge in [-0.3, -0.25) is 0 Å². The molecule has 26 heavy (non-hydrogen) atoms. The minimum atomic E-state index is -4.39. The molecule has 1 aromatic rings. The van der Waals surface area contributed by atoms with Crippen LogP contribution in [0.5, 0.6) is 0 Å². The molecule has 0 bridgehead atoms. The van der Waals surface area contributed by atoms with Crippen molar-refractivity contribution in [2.75, 3.05) is 13.2 Å². The Morgan fingerprint density at radius 1 is 1.08 bits per heavy atom. The van der Waals surface area contributed by atoms with E-state index < -0.39 is 25.6 Å². The first kappa shape index (κ1) is 20.7. The number of hydrogen-bond acceptors (Lipinski definition) is 7. The highest BCUT2D eigenvalue weighted by Gasteiger charge is 2.34. The van der Waals surface area contributed by atoms with E-state index in [0.29, 0.717) is 6.67 Å². The van der Waals surface area contributed by atoms with Gasteiger partial charge < -0.3 is 9.80 Å². The van der Waals surface area contributed by atoms with Crippen LogP contribution in [0.1, 0.15) is 38.7 Å². The molecular weight excluding hydrogens is 376 g/mol. The molecule has 0 aromatic heterocycles. The van der Waals surface area contributed by atoms with E-state index in [4.69, 9.17) is 0 Å². The first-order chi connectivity index (χ1) is 12.2. The van der Waals surface area contributed by atoms with E-state index in [0.717, 1.165) is 31.4 Å². The molecule has 1 aromatic carbocycles. The molecule has 7 nitrogen and oxygen atoms in total. The van der Waals surface area contributed by atoms with Crippen LogP contribution in [0.25, 0.3) is 0 Å². The lowest BCUT2D eigenvalue weighted by atomic mass is 10.2. The fourth-order valence-corrected chi connectivity index (χ4v) is 5.23. The molecular formula is C17H26N2O5S2. The molecule has 0 aliphatic carbocycles. The van der Waals surface area contributed by atoms with Crippen molar-refractivity contribution < 1.29 is 20.5 Å². The average molecular weight is 403 g/mol. The van der Waals surface area contributed by atoms with Gasteiger partial charge in [0.05, 0.1) is 11.6 Å². The summed E-state index contributed by atoms with van der Waals surface area (Å²) < 4.78 is 54.0. The molecule has 1 atom stereocenters. The van der Waals surface area contributed by atoms with Gasteiger partial charge in [-0.1, -0.05) is 37.5 Å². The summed E-state index contributed by atoms with van der Waals surface area (Å²) in [5, 5.41) is -1.12.